The Kier molecular flexibility index (Phi) is 4.06. The molecule has 1 aromatic carbocycles. The summed E-state index contributed by atoms with van der Waals surface area (Å²) < 4.78 is 77.9. The first-order valence-electron chi connectivity index (χ1n) is 4.92. The normalized spacial score (nSPS) is 12.6. The molecule has 1 aromatic rings. The highest BCUT2D eigenvalue weighted by Gasteiger charge is 2.59. The van der Waals surface area contributed by atoms with Gasteiger partial charge in [-0.1, -0.05) is 0 Å². The number of carbonyl (C=O) groups is 1. The maximum atomic E-state index is 12.3. The van der Waals surface area contributed by atoms with E-state index in [9.17, 15) is 31.1 Å². The van der Waals surface area contributed by atoms with Crippen LogP contribution in [0.1, 0.15) is 10.4 Å². The van der Waals surface area contributed by atoms with Crippen molar-refractivity contribution in [1.82, 2.24) is 0 Å². The molecule has 4 N–H and O–H groups in total. The van der Waals surface area contributed by atoms with Crippen LogP contribution in [0.15, 0.2) is 18.2 Å². The summed E-state index contributed by atoms with van der Waals surface area (Å²) in [5.41, 5.74) is 9.24. The summed E-state index contributed by atoms with van der Waals surface area (Å²) in [6.45, 7) is 0. The number of benzene rings is 1. The van der Waals surface area contributed by atoms with Crippen LogP contribution >= 0.6 is 0 Å². The molecular formula is C10H8F6N2O2. The maximum Gasteiger partial charge on any atom is 0.434 e. The van der Waals surface area contributed by atoms with Gasteiger partial charge in [0.1, 0.15) is 5.75 Å². The highest BCUT2D eigenvalue weighted by atomic mass is 19.4. The van der Waals surface area contributed by atoms with Crippen molar-refractivity contribution in [2.75, 3.05) is 5.73 Å². The van der Waals surface area contributed by atoms with Gasteiger partial charge in [-0.15, -0.1) is 0 Å². The van der Waals surface area contributed by atoms with E-state index in [-0.39, 0.29) is 5.69 Å². The Morgan fingerprint density at radius 2 is 1.60 bits per heavy atom. The van der Waals surface area contributed by atoms with Crippen molar-refractivity contribution in [3.05, 3.63) is 23.8 Å². The molecule has 0 saturated heterocycles. The van der Waals surface area contributed by atoms with Gasteiger partial charge in [-0.3, -0.25) is 4.79 Å². The van der Waals surface area contributed by atoms with Crippen LogP contribution < -0.4 is 16.2 Å². The van der Waals surface area contributed by atoms with Gasteiger partial charge >= 0.3 is 12.4 Å². The molecule has 20 heavy (non-hydrogen) atoms. The number of ether oxygens (including phenoxy) is 1. The monoisotopic (exact) mass is 302 g/mol. The third-order valence-corrected chi connectivity index (χ3v) is 2.11. The van der Waals surface area contributed by atoms with E-state index >= 15 is 0 Å². The first-order chi connectivity index (χ1) is 8.93. The predicted octanol–water partition coefficient (Wildman–Crippen LogP) is 2.24. The lowest BCUT2D eigenvalue weighted by molar-refractivity contribution is -0.299. The third kappa shape index (κ3) is 3.68. The summed E-state index contributed by atoms with van der Waals surface area (Å²) in [6.07, 6.45) is -15.5. The number of nitrogens with two attached hydrogens (primary N) is 2. The molecule has 0 aliphatic rings. The van der Waals surface area contributed by atoms with Crippen molar-refractivity contribution in [1.29, 1.82) is 0 Å². The Balaban J connectivity index is 3.24. The second-order valence-electron chi connectivity index (χ2n) is 3.70. The van der Waals surface area contributed by atoms with Gasteiger partial charge in [0, 0.05) is 11.8 Å². The molecule has 0 saturated carbocycles. The van der Waals surface area contributed by atoms with E-state index < -0.39 is 35.7 Å². The fraction of sp³-hybridized carbons (Fsp3) is 0.300. The molecule has 0 aliphatic carbocycles. The molecule has 0 heterocycles. The molecule has 0 aliphatic heterocycles. The van der Waals surface area contributed by atoms with Crippen molar-refractivity contribution >= 4 is 11.6 Å². The van der Waals surface area contributed by atoms with E-state index in [0.29, 0.717) is 6.07 Å². The first-order valence-corrected chi connectivity index (χ1v) is 4.92. The topological polar surface area (TPSA) is 78.3 Å². The number of hydrogen-bond acceptors (Lipinski definition) is 3. The summed E-state index contributed by atoms with van der Waals surface area (Å²) in [6, 6.07) is 2.62. The molecule has 0 bridgehead atoms. The Hall–Kier alpha value is -2.13. The molecule has 0 aromatic heterocycles. The average molecular weight is 302 g/mol. The molecule has 0 fully saturated rings. The van der Waals surface area contributed by atoms with Crippen molar-refractivity contribution in [3.8, 4) is 5.75 Å². The SMILES string of the molecule is NC(=O)c1ccc(N)cc1OC(C(F)(F)F)C(F)(F)F. The molecule has 1 rings (SSSR count). The lowest BCUT2D eigenvalue weighted by Gasteiger charge is -2.24. The highest BCUT2D eigenvalue weighted by molar-refractivity contribution is 5.96. The number of amides is 1. The molecule has 0 spiro atoms. The van der Waals surface area contributed by atoms with Crippen LogP contribution in [0.5, 0.6) is 5.75 Å². The maximum absolute atomic E-state index is 12.3. The Bertz CT molecular complexity index is 497. The predicted molar refractivity (Wildman–Crippen MR) is 55.9 cm³/mol. The van der Waals surface area contributed by atoms with Gasteiger partial charge in [0.05, 0.1) is 5.56 Å². The third-order valence-electron chi connectivity index (χ3n) is 2.11. The Morgan fingerprint density at radius 1 is 1.10 bits per heavy atom. The van der Waals surface area contributed by atoms with Gasteiger partial charge in [-0.25, -0.2) is 0 Å². The minimum absolute atomic E-state index is 0.187. The zero-order valence-electron chi connectivity index (χ0n) is 9.55. The highest BCUT2D eigenvalue weighted by Crippen LogP contribution is 2.37. The largest absolute Gasteiger partial charge is 0.470 e. The number of nitrogen functional groups attached to an aromatic ring is 1. The molecule has 4 nitrogen and oxygen atoms in total. The Morgan fingerprint density at radius 3 is 2.00 bits per heavy atom. The number of carbonyl (C=O) groups excluding carboxylic acids is 1. The van der Waals surface area contributed by atoms with Crippen molar-refractivity contribution in [2.24, 2.45) is 5.73 Å². The van der Waals surface area contributed by atoms with Gasteiger partial charge in [-0.05, 0) is 12.1 Å². The smallest absolute Gasteiger partial charge is 0.434 e. The summed E-state index contributed by atoms with van der Waals surface area (Å²) in [5, 5.41) is 0. The fourth-order valence-electron chi connectivity index (χ4n) is 1.29. The van der Waals surface area contributed by atoms with Gasteiger partial charge < -0.3 is 16.2 Å². The van der Waals surface area contributed by atoms with Gasteiger partial charge in [0.15, 0.2) is 0 Å². The molecule has 1 amide bonds. The quantitative estimate of drug-likeness (QED) is 0.664. The Labute approximate surface area is 108 Å². The van der Waals surface area contributed by atoms with E-state index in [4.69, 9.17) is 11.5 Å². The van der Waals surface area contributed by atoms with Crippen molar-refractivity contribution in [3.63, 3.8) is 0 Å². The second-order valence-corrected chi connectivity index (χ2v) is 3.70. The minimum Gasteiger partial charge on any atom is -0.470 e. The zero-order chi connectivity index (χ0) is 15.7. The number of primary amides is 1. The minimum atomic E-state index is -5.71. The van der Waals surface area contributed by atoms with Crippen LogP contribution in [0.25, 0.3) is 0 Å². The number of rotatable bonds is 3. The fourth-order valence-corrected chi connectivity index (χ4v) is 1.29. The second kappa shape index (κ2) is 5.10. The lowest BCUT2D eigenvalue weighted by atomic mass is 10.1. The zero-order valence-corrected chi connectivity index (χ0v) is 9.55. The van der Waals surface area contributed by atoms with E-state index in [1.54, 1.807) is 0 Å². The van der Waals surface area contributed by atoms with Crippen LogP contribution in [0.4, 0.5) is 32.0 Å². The van der Waals surface area contributed by atoms with Gasteiger partial charge in [0.2, 0.25) is 0 Å². The number of anilines is 1. The van der Waals surface area contributed by atoms with Crippen LogP contribution in [0, 0.1) is 0 Å². The molecule has 10 heteroatoms. The average Bonchev–Trinajstić information content (AvgIpc) is 2.22. The van der Waals surface area contributed by atoms with Crippen LogP contribution in [0.3, 0.4) is 0 Å². The van der Waals surface area contributed by atoms with Crippen LogP contribution in [0.2, 0.25) is 0 Å². The van der Waals surface area contributed by atoms with Crippen LogP contribution in [-0.2, 0) is 0 Å². The number of hydrogen-bond donors (Lipinski definition) is 2. The van der Waals surface area contributed by atoms with E-state index in [2.05, 4.69) is 4.74 Å². The summed E-state index contributed by atoms with van der Waals surface area (Å²) in [4.78, 5) is 11.0. The summed E-state index contributed by atoms with van der Waals surface area (Å²) in [7, 11) is 0. The number of halogens is 6. The molecule has 0 radical (unpaired) electrons. The molecule has 0 unspecified atom stereocenters. The first kappa shape index (κ1) is 15.9. The van der Waals surface area contributed by atoms with Gasteiger partial charge in [-0.2, -0.15) is 26.3 Å². The molecule has 112 valence electrons. The lowest BCUT2D eigenvalue weighted by Crippen LogP contribution is -2.46. The summed E-state index contributed by atoms with van der Waals surface area (Å²) >= 11 is 0. The number of alkyl halides is 6. The van der Waals surface area contributed by atoms with Crippen molar-refractivity contribution < 1.29 is 35.9 Å². The van der Waals surface area contributed by atoms with E-state index in [1.807, 2.05) is 0 Å². The molecule has 0 atom stereocenters. The van der Waals surface area contributed by atoms with Crippen molar-refractivity contribution in [2.45, 2.75) is 18.5 Å². The molecular weight excluding hydrogens is 294 g/mol. The van der Waals surface area contributed by atoms with Gasteiger partial charge in [0.25, 0.3) is 12.0 Å². The van der Waals surface area contributed by atoms with E-state index in [0.717, 1.165) is 12.1 Å². The van der Waals surface area contributed by atoms with Crippen LogP contribution in [-0.4, -0.2) is 24.4 Å². The standard InChI is InChI=1S/C10H8F6N2O2/c11-9(12,13)8(10(14,15)16)20-6-3-4(17)1-2-5(6)7(18)19/h1-3,8H,17H2,(H2,18,19). The van der Waals surface area contributed by atoms with E-state index in [1.165, 1.54) is 0 Å². The summed E-state index contributed by atoms with van der Waals surface area (Å²) in [5.74, 6) is -2.24.